The van der Waals surface area contributed by atoms with Crippen LogP contribution in [-0.4, -0.2) is 77.4 Å². The number of likely N-dealkylation sites (tertiary alicyclic amines) is 1. The maximum atomic E-state index is 13.6. The Morgan fingerprint density at radius 2 is 1.82 bits per heavy atom. The number of aromatic nitrogens is 4. The maximum Gasteiger partial charge on any atom is 0.242 e. The van der Waals surface area contributed by atoms with Crippen molar-refractivity contribution < 1.29 is 8.42 Å². The van der Waals surface area contributed by atoms with Crippen molar-refractivity contribution in [3.05, 3.63) is 65.9 Å². The van der Waals surface area contributed by atoms with Gasteiger partial charge >= 0.3 is 0 Å². The van der Waals surface area contributed by atoms with E-state index in [9.17, 15) is 8.42 Å². The molecule has 0 atom stereocenters. The van der Waals surface area contributed by atoms with Crippen LogP contribution in [0.25, 0.3) is 22.2 Å². The lowest BCUT2D eigenvalue weighted by atomic mass is 9.97. The van der Waals surface area contributed by atoms with Gasteiger partial charge in [-0.3, -0.25) is 0 Å². The van der Waals surface area contributed by atoms with Crippen molar-refractivity contribution in [3.8, 4) is 11.3 Å². The molecule has 0 unspecified atom stereocenters. The number of hydrogen-bond donors (Lipinski definition) is 0. The van der Waals surface area contributed by atoms with Gasteiger partial charge in [0.2, 0.25) is 10.0 Å². The van der Waals surface area contributed by atoms with Crippen molar-refractivity contribution in [1.29, 1.82) is 0 Å². The normalized spacial score (nSPS) is 17.1. The molecule has 10 heteroatoms. The minimum absolute atomic E-state index is 0.366. The van der Waals surface area contributed by atoms with Crippen molar-refractivity contribution in [2.45, 2.75) is 37.6 Å². The second kappa shape index (κ2) is 10.6. The Morgan fingerprint density at radius 1 is 1.02 bits per heavy atom. The first-order valence-corrected chi connectivity index (χ1v) is 15.4. The molecule has 1 saturated heterocycles. The van der Waals surface area contributed by atoms with E-state index in [0.29, 0.717) is 23.9 Å². The van der Waals surface area contributed by atoms with E-state index in [4.69, 9.17) is 4.98 Å². The Hall–Kier alpha value is -3.34. The van der Waals surface area contributed by atoms with Gasteiger partial charge in [0.25, 0.3) is 0 Å². The summed E-state index contributed by atoms with van der Waals surface area (Å²) in [6, 6.07) is 9.92. The van der Waals surface area contributed by atoms with Gasteiger partial charge in [-0.15, -0.1) is 0 Å². The third-order valence-corrected chi connectivity index (χ3v) is 10.4. The zero-order valence-electron chi connectivity index (χ0n) is 23.7. The van der Waals surface area contributed by atoms with E-state index >= 15 is 0 Å². The number of imidazole rings is 1. The monoisotopic (exact) mass is 559 g/mol. The predicted octanol–water partition coefficient (Wildman–Crippen LogP) is 3.86. The van der Waals surface area contributed by atoms with Crippen molar-refractivity contribution in [2.24, 2.45) is 13.0 Å². The Balaban J connectivity index is 1.29. The van der Waals surface area contributed by atoms with Crippen LogP contribution in [0.3, 0.4) is 0 Å². The van der Waals surface area contributed by atoms with Gasteiger partial charge in [0.05, 0.1) is 28.6 Å². The molecule has 0 spiro atoms. The van der Waals surface area contributed by atoms with Crippen LogP contribution in [0.5, 0.6) is 0 Å². The molecule has 2 aliphatic heterocycles. The van der Waals surface area contributed by atoms with Gasteiger partial charge < -0.3 is 14.4 Å². The molecule has 0 amide bonds. The van der Waals surface area contributed by atoms with Gasteiger partial charge in [-0.1, -0.05) is 6.07 Å². The standard InChI is InChI=1S/C30H37N7O2S/c1-21-13-24(28-16-31-20-35(28)3)15-27-29(21)32-19-33-30(27)37-12-9-23-5-6-26(14-25(23)18-37)40(38,39)36(4)17-22-7-10-34(2)11-8-22/h5-6,13-16,19-20,22H,7-12,17-18H2,1-4H3. The first kappa shape index (κ1) is 26.9. The third-order valence-electron chi connectivity index (χ3n) is 8.57. The van der Waals surface area contributed by atoms with Crippen LogP contribution < -0.4 is 4.90 Å². The van der Waals surface area contributed by atoms with Crippen LogP contribution >= 0.6 is 0 Å². The molecule has 2 aromatic carbocycles. The van der Waals surface area contributed by atoms with Crippen LogP contribution in [0, 0.1) is 12.8 Å². The molecule has 2 aliphatic rings. The highest BCUT2D eigenvalue weighted by molar-refractivity contribution is 7.89. The number of piperidine rings is 1. The number of anilines is 1. The molecule has 9 nitrogen and oxygen atoms in total. The van der Waals surface area contributed by atoms with Crippen LogP contribution in [0.1, 0.15) is 29.5 Å². The number of aryl methyl sites for hydroxylation is 2. The minimum Gasteiger partial charge on any atom is -0.351 e. The highest BCUT2D eigenvalue weighted by atomic mass is 32.2. The SMILES string of the molecule is Cc1cc(-c2cncn2C)cc2c(N3CCc4ccc(S(=O)(=O)N(C)CC5CCN(C)CC5)cc4C3)ncnc12. The molecule has 6 rings (SSSR count). The lowest BCUT2D eigenvalue weighted by Crippen LogP contribution is -2.38. The van der Waals surface area contributed by atoms with Gasteiger partial charge in [-0.05, 0) is 93.2 Å². The minimum atomic E-state index is -3.58. The lowest BCUT2D eigenvalue weighted by molar-refractivity contribution is 0.202. The fraction of sp³-hybridized carbons (Fsp3) is 0.433. The van der Waals surface area contributed by atoms with Gasteiger partial charge in [-0.25, -0.2) is 27.7 Å². The molecule has 4 aromatic rings. The summed E-state index contributed by atoms with van der Waals surface area (Å²) in [5.74, 6) is 1.27. The summed E-state index contributed by atoms with van der Waals surface area (Å²) in [6.45, 7) is 6.07. The van der Waals surface area contributed by atoms with E-state index in [1.54, 1.807) is 30.1 Å². The fourth-order valence-electron chi connectivity index (χ4n) is 6.13. The zero-order chi connectivity index (χ0) is 28.0. The van der Waals surface area contributed by atoms with E-state index in [-0.39, 0.29) is 0 Å². The second-order valence-electron chi connectivity index (χ2n) is 11.4. The third kappa shape index (κ3) is 5.00. The number of benzene rings is 2. The number of sulfonamides is 1. The fourth-order valence-corrected chi connectivity index (χ4v) is 7.43. The molecule has 210 valence electrons. The molecule has 0 saturated carbocycles. The largest absolute Gasteiger partial charge is 0.351 e. The summed E-state index contributed by atoms with van der Waals surface area (Å²) in [4.78, 5) is 18.5. The molecule has 0 N–H and O–H groups in total. The first-order valence-electron chi connectivity index (χ1n) is 13.9. The van der Waals surface area contributed by atoms with E-state index in [0.717, 1.165) is 78.0 Å². The average molecular weight is 560 g/mol. The molecule has 0 aliphatic carbocycles. The molecular weight excluding hydrogens is 522 g/mol. The van der Waals surface area contributed by atoms with E-state index < -0.39 is 10.0 Å². The number of rotatable bonds is 6. The topological polar surface area (TPSA) is 87.5 Å². The number of hydrogen-bond acceptors (Lipinski definition) is 7. The second-order valence-corrected chi connectivity index (χ2v) is 13.5. The zero-order valence-corrected chi connectivity index (χ0v) is 24.5. The van der Waals surface area contributed by atoms with Crippen LogP contribution in [0.4, 0.5) is 5.82 Å². The molecule has 0 bridgehead atoms. The first-order chi connectivity index (χ1) is 19.2. The number of fused-ring (bicyclic) bond motifs is 2. The quantitative estimate of drug-likeness (QED) is 0.355. The Bertz CT molecular complexity index is 1660. The van der Waals surface area contributed by atoms with Crippen LogP contribution in [0.2, 0.25) is 0 Å². The molecule has 0 radical (unpaired) electrons. The summed E-state index contributed by atoms with van der Waals surface area (Å²) in [6.07, 6.45) is 8.19. The van der Waals surface area contributed by atoms with Gasteiger partial charge in [0.1, 0.15) is 12.1 Å². The molecular formula is C30H37N7O2S. The summed E-state index contributed by atoms with van der Waals surface area (Å²) in [7, 11) is 2.25. The summed E-state index contributed by atoms with van der Waals surface area (Å²) in [5, 5.41) is 0.990. The van der Waals surface area contributed by atoms with Crippen molar-refractivity contribution in [1.82, 2.24) is 28.7 Å². The molecule has 1 fully saturated rings. The van der Waals surface area contributed by atoms with Crippen molar-refractivity contribution in [3.63, 3.8) is 0 Å². The Kier molecular flexibility index (Phi) is 7.10. The molecule has 40 heavy (non-hydrogen) atoms. The summed E-state index contributed by atoms with van der Waals surface area (Å²) in [5.41, 5.74) is 6.33. The van der Waals surface area contributed by atoms with Gasteiger partial charge in [0.15, 0.2) is 0 Å². The Morgan fingerprint density at radius 3 is 2.58 bits per heavy atom. The average Bonchev–Trinajstić information content (AvgIpc) is 3.39. The Labute approximate surface area is 236 Å². The smallest absolute Gasteiger partial charge is 0.242 e. The molecule has 2 aromatic heterocycles. The van der Waals surface area contributed by atoms with E-state index in [1.165, 1.54) is 5.56 Å². The van der Waals surface area contributed by atoms with Crippen molar-refractivity contribution in [2.75, 3.05) is 45.2 Å². The van der Waals surface area contributed by atoms with E-state index in [2.05, 4.69) is 45.9 Å². The van der Waals surface area contributed by atoms with Gasteiger partial charge in [0, 0.05) is 44.7 Å². The lowest BCUT2D eigenvalue weighted by Gasteiger charge is -2.32. The van der Waals surface area contributed by atoms with Crippen molar-refractivity contribution >= 4 is 26.7 Å². The summed E-state index contributed by atoms with van der Waals surface area (Å²) < 4.78 is 30.7. The summed E-state index contributed by atoms with van der Waals surface area (Å²) >= 11 is 0. The molecule has 4 heterocycles. The van der Waals surface area contributed by atoms with Crippen LogP contribution in [0.15, 0.2) is 54.1 Å². The van der Waals surface area contributed by atoms with Gasteiger partial charge in [-0.2, -0.15) is 0 Å². The highest BCUT2D eigenvalue weighted by Gasteiger charge is 2.28. The van der Waals surface area contributed by atoms with Crippen LogP contribution in [-0.2, 0) is 30.0 Å². The number of nitrogens with zero attached hydrogens (tertiary/aromatic N) is 7. The van der Waals surface area contributed by atoms with E-state index in [1.807, 2.05) is 29.9 Å². The highest BCUT2D eigenvalue weighted by Crippen LogP contribution is 2.34. The predicted molar refractivity (Wildman–Crippen MR) is 158 cm³/mol. The maximum absolute atomic E-state index is 13.6.